The minimum absolute atomic E-state index is 0.285. The molecule has 2 N–H and O–H groups in total. The Morgan fingerprint density at radius 2 is 1.90 bits per heavy atom. The number of nitrogens with two attached hydrogens (primary N) is 1. The number of aromatic nitrogens is 2. The number of likely N-dealkylation sites (tertiary alicyclic amines) is 1. The molecule has 20 heavy (non-hydrogen) atoms. The number of nitrogens with zero attached hydrogens (tertiary/aromatic N) is 4. The van der Waals surface area contributed by atoms with Crippen LogP contribution in [0.4, 0.5) is 11.5 Å². The predicted molar refractivity (Wildman–Crippen MR) is 82.2 cm³/mol. The molecule has 0 bridgehead atoms. The van der Waals surface area contributed by atoms with Crippen LogP contribution in [0.15, 0.2) is 0 Å². The van der Waals surface area contributed by atoms with E-state index in [1.54, 1.807) is 0 Å². The second kappa shape index (κ2) is 5.74. The van der Waals surface area contributed by atoms with Crippen LogP contribution >= 0.6 is 11.6 Å². The summed E-state index contributed by atoms with van der Waals surface area (Å²) in [7, 11) is 0. The van der Waals surface area contributed by atoms with Crippen LogP contribution in [0.1, 0.15) is 31.4 Å². The quantitative estimate of drug-likeness (QED) is 0.847. The number of piperidine rings is 1. The van der Waals surface area contributed by atoms with Gasteiger partial charge in [0.05, 0.1) is 11.4 Å². The molecule has 2 fully saturated rings. The molecule has 1 aromatic rings. The maximum Gasteiger partial charge on any atom is 0.224 e. The number of rotatable bonds is 2. The highest BCUT2D eigenvalue weighted by Crippen LogP contribution is 2.29. The SMILES string of the molecule is Cc1nc(Cl)nc(N2CCC(N3CCCCC3)C2)c1N. The van der Waals surface area contributed by atoms with Crippen molar-refractivity contribution in [1.29, 1.82) is 0 Å². The minimum Gasteiger partial charge on any atom is -0.394 e. The summed E-state index contributed by atoms with van der Waals surface area (Å²) in [5, 5.41) is 0.285. The summed E-state index contributed by atoms with van der Waals surface area (Å²) in [6, 6.07) is 0.628. The summed E-state index contributed by atoms with van der Waals surface area (Å²) in [4.78, 5) is 13.3. The van der Waals surface area contributed by atoms with Crippen molar-refractivity contribution < 1.29 is 0 Å². The zero-order valence-corrected chi connectivity index (χ0v) is 12.7. The van der Waals surface area contributed by atoms with Crippen LogP contribution in [0.25, 0.3) is 0 Å². The van der Waals surface area contributed by atoms with Crippen molar-refractivity contribution in [3.05, 3.63) is 11.0 Å². The monoisotopic (exact) mass is 295 g/mol. The van der Waals surface area contributed by atoms with E-state index in [-0.39, 0.29) is 5.28 Å². The summed E-state index contributed by atoms with van der Waals surface area (Å²) in [5.74, 6) is 0.807. The molecule has 0 aromatic carbocycles. The van der Waals surface area contributed by atoms with E-state index in [1.165, 1.54) is 38.8 Å². The zero-order valence-electron chi connectivity index (χ0n) is 12.0. The highest BCUT2D eigenvalue weighted by molar-refractivity contribution is 6.28. The molecule has 0 amide bonds. The van der Waals surface area contributed by atoms with E-state index in [1.807, 2.05) is 6.92 Å². The molecule has 0 spiro atoms. The van der Waals surface area contributed by atoms with Crippen molar-refractivity contribution in [2.75, 3.05) is 36.8 Å². The molecule has 5 nitrogen and oxygen atoms in total. The Bertz CT molecular complexity index is 487. The summed E-state index contributed by atoms with van der Waals surface area (Å²) in [6.45, 7) is 6.34. The third kappa shape index (κ3) is 2.69. The van der Waals surface area contributed by atoms with Crippen LogP contribution in [-0.4, -0.2) is 47.1 Å². The van der Waals surface area contributed by atoms with Gasteiger partial charge in [-0.05, 0) is 50.9 Å². The van der Waals surface area contributed by atoms with Crippen LogP contribution in [0.2, 0.25) is 5.28 Å². The standard InChI is InChI=1S/C14H22ClN5/c1-10-12(16)13(18-14(15)17-10)20-8-5-11(9-20)19-6-3-2-4-7-19/h11H,2-9,16H2,1H3. The number of anilines is 2. The van der Waals surface area contributed by atoms with Gasteiger partial charge in [-0.3, -0.25) is 4.90 Å². The normalized spacial score (nSPS) is 24.3. The number of hydrogen-bond donors (Lipinski definition) is 1. The maximum atomic E-state index is 6.12. The summed E-state index contributed by atoms with van der Waals surface area (Å²) < 4.78 is 0. The largest absolute Gasteiger partial charge is 0.394 e. The third-order valence-corrected chi connectivity index (χ3v) is 4.63. The Morgan fingerprint density at radius 3 is 2.65 bits per heavy atom. The minimum atomic E-state index is 0.285. The molecule has 3 heterocycles. The van der Waals surface area contributed by atoms with Crippen molar-refractivity contribution in [2.24, 2.45) is 0 Å². The summed E-state index contributed by atoms with van der Waals surface area (Å²) in [6.07, 6.45) is 5.22. The van der Waals surface area contributed by atoms with Gasteiger partial charge in [0.15, 0.2) is 5.82 Å². The molecule has 0 radical (unpaired) electrons. The average Bonchev–Trinajstić information content (AvgIpc) is 2.93. The molecule has 2 aliphatic heterocycles. The molecule has 1 atom stereocenters. The molecule has 6 heteroatoms. The highest BCUT2D eigenvalue weighted by atomic mass is 35.5. The zero-order chi connectivity index (χ0) is 14.1. The number of hydrogen-bond acceptors (Lipinski definition) is 5. The molecule has 110 valence electrons. The third-order valence-electron chi connectivity index (χ3n) is 4.46. The second-order valence-corrected chi connectivity index (χ2v) is 6.14. The smallest absolute Gasteiger partial charge is 0.224 e. The first kappa shape index (κ1) is 13.9. The molecular formula is C14H22ClN5. The van der Waals surface area contributed by atoms with E-state index in [9.17, 15) is 0 Å². The van der Waals surface area contributed by atoms with Crippen LogP contribution in [0.3, 0.4) is 0 Å². The summed E-state index contributed by atoms with van der Waals surface area (Å²) >= 11 is 5.97. The second-order valence-electron chi connectivity index (χ2n) is 5.80. The van der Waals surface area contributed by atoms with Crippen molar-refractivity contribution >= 4 is 23.1 Å². The molecule has 2 saturated heterocycles. The van der Waals surface area contributed by atoms with Gasteiger partial charge in [0.1, 0.15) is 0 Å². The first-order valence-corrected chi connectivity index (χ1v) is 7.81. The van der Waals surface area contributed by atoms with Gasteiger partial charge in [-0.1, -0.05) is 6.42 Å². The lowest BCUT2D eigenvalue weighted by Crippen LogP contribution is -2.41. The summed E-state index contributed by atoms with van der Waals surface area (Å²) in [5.41, 5.74) is 7.54. The Hall–Kier alpha value is -1.07. The van der Waals surface area contributed by atoms with E-state index in [4.69, 9.17) is 17.3 Å². The van der Waals surface area contributed by atoms with Crippen LogP contribution in [-0.2, 0) is 0 Å². The first-order valence-electron chi connectivity index (χ1n) is 7.44. The molecular weight excluding hydrogens is 274 g/mol. The average molecular weight is 296 g/mol. The number of nitrogen functional groups attached to an aromatic ring is 1. The molecule has 3 rings (SSSR count). The molecule has 1 unspecified atom stereocenters. The van der Waals surface area contributed by atoms with Crippen LogP contribution in [0, 0.1) is 6.92 Å². The molecule has 2 aliphatic rings. The van der Waals surface area contributed by atoms with Crippen LogP contribution < -0.4 is 10.6 Å². The van der Waals surface area contributed by atoms with E-state index >= 15 is 0 Å². The molecule has 0 aliphatic carbocycles. The molecule has 1 aromatic heterocycles. The first-order chi connectivity index (χ1) is 9.65. The number of halogens is 1. The fraction of sp³-hybridized carbons (Fsp3) is 0.714. The lowest BCUT2D eigenvalue weighted by molar-refractivity contribution is 0.175. The molecule has 0 saturated carbocycles. The van der Waals surface area contributed by atoms with Gasteiger partial charge in [-0.15, -0.1) is 0 Å². The Balaban J connectivity index is 1.73. The van der Waals surface area contributed by atoms with Gasteiger partial charge in [0.2, 0.25) is 5.28 Å². The van der Waals surface area contributed by atoms with E-state index in [0.29, 0.717) is 11.7 Å². The van der Waals surface area contributed by atoms with E-state index in [2.05, 4.69) is 19.8 Å². The van der Waals surface area contributed by atoms with Crippen molar-refractivity contribution in [1.82, 2.24) is 14.9 Å². The van der Waals surface area contributed by atoms with E-state index in [0.717, 1.165) is 24.6 Å². The van der Waals surface area contributed by atoms with Gasteiger partial charge in [-0.2, -0.15) is 4.98 Å². The van der Waals surface area contributed by atoms with Gasteiger partial charge in [0, 0.05) is 19.1 Å². The Kier molecular flexibility index (Phi) is 3.98. The lowest BCUT2D eigenvalue weighted by atomic mass is 10.1. The van der Waals surface area contributed by atoms with Crippen molar-refractivity contribution in [3.8, 4) is 0 Å². The number of aryl methyl sites for hydroxylation is 1. The van der Waals surface area contributed by atoms with Gasteiger partial charge in [-0.25, -0.2) is 4.98 Å². The fourth-order valence-corrected chi connectivity index (χ4v) is 3.50. The Morgan fingerprint density at radius 1 is 1.15 bits per heavy atom. The van der Waals surface area contributed by atoms with Gasteiger partial charge >= 0.3 is 0 Å². The topological polar surface area (TPSA) is 58.3 Å². The van der Waals surface area contributed by atoms with Gasteiger partial charge < -0.3 is 10.6 Å². The Labute approximate surface area is 125 Å². The van der Waals surface area contributed by atoms with Gasteiger partial charge in [0.25, 0.3) is 0 Å². The predicted octanol–water partition coefficient (Wildman–Crippen LogP) is 2.09. The maximum absolute atomic E-state index is 6.12. The lowest BCUT2D eigenvalue weighted by Gasteiger charge is -2.32. The van der Waals surface area contributed by atoms with Crippen molar-refractivity contribution in [3.63, 3.8) is 0 Å². The van der Waals surface area contributed by atoms with Crippen LogP contribution in [0.5, 0.6) is 0 Å². The van der Waals surface area contributed by atoms with E-state index < -0.39 is 0 Å². The fourth-order valence-electron chi connectivity index (χ4n) is 3.29. The van der Waals surface area contributed by atoms with Crippen molar-refractivity contribution in [2.45, 2.75) is 38.6 Å². The highest BCUT2D eigenvalue weighted by Gasteiger charge is 2.30.